The molecule has 0 radical (unpaired) electrons. The predicted octanol–water partition coefficient (Wildman–Crippen LogP) is 2.42. The number of carbonyl (C=O) groups is 2. The molecule has 0 atom stereocenters. The van der Waals surface area contributed by atoms with Gasteiger partial charge in [0, 0.05) is 31.5 Å². The van der Waals surface area contributed by atoms with Crippen LogP contribution < -0.4 is 5.32 Å². The van der Waals surface area contributed by atoms with Crippen LogP contribution in [0.15, 0.2) is 24.3 Å². The average molecular weight is 290 g/mol. The van der Waals surface area contributed by atoms with Gasteiger partial charge in [-0.05, 0) is 20.0 Å². The lowest BCUT2D eigenvalue weighted by molar-refractivity contribution is -0.121. The molecular formula is C17H26N2O2. The minimum atomic E-state index is -0.0531. The zero-order valence-corrected chi connectivity index (χ0v) is 13.3. The number of nitrogens with one attached hydrogen (secondary N) is 1. The van der Waals surface area contributed by atoms with Crippen molar-refractivity contribution < 1.29 is 9.59 Å². The number of hydrogen-bond donors (Lipinski definition) is 1. The molecule has 21 heavy (non-hydrogen) atoms. The zero-order valence-electron chi connectivity index (χ0n) is 13.3. The number of Topliss-reactive ketones (excluding diaryl/α,β-unsaturated/α-hetero) is 1. The Morgan fingerprint density at radius 1 is 1.05 bits per heavy atom. The van der Waals surface area contributed by atoms with Crippen molar-refractivity contribution in [3.8, 4) is 0 Å². The van der Waals surface area contributed by atoms with E-state index in [9.17, 15) is 9.59 Å². The standard InChI is InChI=1S/C17H26N2O2/c1-4-19(5-2)13-12-18-17(21)11-10-16(20)15-8-6-14(3)7-9-15/h6-9H,4-5,10-13H2,1-3H3,(H,18,21). The van der Waals surface area contributed by atoms with Gasteiger partial charge in [0.05, 0.1) is 0 Å². The first-order valence-corrected chi connectivity index (χ1v) is 7.65. The molecule has 116 valence electrons. The van der Waals surface area contributed by atoms with E-state index in [4.69, 9.17) is 0 Å². The van der Waals surface area contributed by atoms with Crippen molar-refractivity contribution >= 4 is 11.7 Å². The minimum absolute atomic E-state index is 0.0221. The maximum absolute atomic E-state index is 11.9. The van der Waals surface area contributed by atoms with Gasteiger partial charge in [0.25, 0.3) is 0 Å². The molecule has 0 bridgehead atoms. The van der Waals surface area contributed by atoms with Crippen molar-refractivity contribution in [1.29, 1.82) is 0 Å². The van der Waals surface area contributed by atoms with Crippen LogP contribution in [-0.4, -0.2) is 42.8 Å². The van der Waals surface area contributed by atoms with Crippen molar-refractivity contribution in [2.75, 3.05) is 26.2 Å². The fourth-order valence-corrected chi connectivity index (χ4v) is 2.09. The van der Waals surface area contributed by atoms with Crippen molar-refractivity contribution in [2.45, 2.75) is 33.6 Å². The van der Waals surface area contributed by atoms with Crippen LogP contribution in [-0.2, 0) is 4.79 Å². The first-order valence-electron chi connectivity index (χ1n) is 7.65. The second-order valence-corrected chi connectivity index (χ2v) is 5.17. The summed E-state index contributed by atoms with van der Waals surface area (Å²) in [4.78, 5) is 25.9. The average Bonchev–Trinajstić information content (AvgIpc) is 2.50. The van der Waals surface area contributed by atoms with Crippen molar-refractivity contribution in [3.05, 3.63) is 35.4 Å². The number of nitrogens with zero attached hydrogens (tertiary/aromatic N) is 1. The smallest absolute Gasteiger partial charge is 0.220 e. The molecule has 0 saturated heterocycles. The molecule has 1 amide bonds. The summed E-state index contributed by atoms with van der Waals surface area (Å²) in [6.07, 6.45) is 0.519. The van der Waals surface area contributed by atoms with Gasteiger partial charge >= 0.3 is 0 Å². The second-order valence-electron chi connectivity index (χ2n) is 5.17. The first-order chi connectivity index (χ1) is 10.1. The number of carbonyl (C=O) groups excluding carboxylic acids is 2. The quantitative estimate of drug-likeness (QED) is 0.711. The first kappa shape index (κ1) is 17.4. The Hall–Kier alpha value is -1.68. The van der Waals surface area contributed by atoms with Crippen LogP contribution in [0.2, 0.25) is 0 Å². The van der Waals surface area contributed by atoms with E-state index in [0.717, 1.165) is 25.2 Å². The molecule has 0 aliphatic heterocycles. The Morgan fingerprint density at radius 3 is 2.24 bits per heavy atom. The molecule has 0 fully saturated rings. The number of aryl methyl sites for hydroxylation is 1. The van der Waals surface area contributed by atoms with Gasteiger partial charge in [-0.1, -0.05) is 43.7 Å². The zero-order chi connectivity index (χ0) is 15.7. The molecule has 4 heteroatoms. The summed E-state index contributed by atoms with van der Waals surface area (Å²) in [6, 6.07) is 7.46. The molecule has 0 aliphatic rings. The van der Waals surface area contributed by atoms with E-state index in [1.165, 1.54) is 0 Å². The highest BCUT2D eigenvalue weighted by Crippen LogP contribution is 2.07. The van der Waals surface area contributed by atoms with Crippen LogP contribution >= 0.6 is 0 Å². The van der Waals surface area contributed by atoms with Crippen LogP contribution in [0.25, 0.3) is 0 Å². The molecular weight excluding hydrogens is 264 g/mol. The van der Waals surface area contributed by atoms with E-state index in [1.54, 1.807) is 0 Å². The molecule has 0 spiro atoms. The van der Waals surface area contributed by atoms with Crippen LogP contribution in [0, 0.1) is 6.92 Å². The maximum atomic E-state index is 11.9. The van der Waals surface area contributed by atoms with E-state index >= 15 is 0 Å². The Kier molecular flexibility index (Phi) is 7.69. The Balaban J connectivity index is 2.26. The summed E-state index contributed by atoms with van der Waals surface area (Å²) in [6.45, 7) is 9.65. The molecule has 0 heterocycles. The summed E-state index contributed by atoms with van der Waals surface area (Å²) in [5.41, 5.74) is 1.80. The summed E-state index contributed by atoms with van der Waals surface area (Å²) in [7, 11) is 0. The van der Waals surface area contributed by atoms with E-state index in [-0.39, 0.29) is 24.5 Å². The van der Waals surface area contributed by atoms with Gasteiger partial charge in [-0.25, -0.2) is 0 Å². The Bertz CT molecular complexity index is 450. The molecule has 1 N–H and O–H groups in total. The third kappa shape index (κ3) is 6.54. The number of hydrogen-bond acceptors (Lipinski definition) is 3. The van der Waals surface area contributed by atoms with Gasteiger partial charge in [0.2, 0.25) is 5.91 Å². The number of ketones is 1. The molecule has 0 saturated carbocycles. The number of amides is 1. The highest BCUT2D eigenvalue weighted by molar-refractivity contribution is 5.97. The SMILES string of the molecule is CCN(CC)CCNC(=O)CCC(=O)c1ccc(C)cc1. The van der Waals surface area contributed by atoms with Crippen molar-refractivity contribution in [2.24, 2.45) is 0 Å². The third-order valence-corrected chi connectivity index (χ3v) is 3.60. The fourth-order valence-electron chi connectivity index (χ4n) is 2.09. The topological polar surface area (TPSA) is 49.4 Å². The van der Waals surface area contributed by atoms with Crippen LogP contribution in [0.1, 0.15) is 42.6 Å². The monoisotopic (exact) mass is 290 g/mol. The lowest BCUT2D eigenvalue weighted by Crippen LogP contribution is -2.34. The summed E-state index contributed by atoms with van der Waals surface area (Å²) < 4.78 is 0. The van der Waals surface area contributed by atoms with E-state index < -0.39 is 0 Å². The normalized spacial score (nSPS) is 10.7. The van der Waals surface area contributed by atoms with Gasteiger partial charge in [-0.3, -0.25) is 9.59 Å². The van der Waals surface area contributed by atoms with Gasteiger partial charge in [0.1, 0.15) is 0 Å². The van der Waals surface area contributed by atoms with E-state index in [2.05, 4.69) is 24.1 Å². The fraction of sp³-hybridized carbons (Fsp3) is 0.529. The van der Waals surface area contributed by atoms with Gasteiger partial charge in [-0.2, -0.15) is 0 Å². The largest absolute Gasteiger partial charge is 0.355 e. The minimum Gasteiger partial charge on any atom is -0.355 e. The highest BCUT2D eigenvalue weighted by Gasteiger charge is 2.09. The van der Waals surface area contributed by atoms with Crippen LogP contribution in [0.4, 0.5) is 0 Å². The van der Waals surface area contributed by atoms with E-state index in [0.29, 0.717) is 12.1 Å². The lowest BCUT2D eigenvalue weighted by Gasteiger charge is -2.17. The number of benzene rings is 1. The molecule has 0 unspecified atom stereocenters. The van der Waals surface area contributed by atoms with Crippen LogP contribution in [0.5, 0.6) is 0 Å². The highest BCUT2D eigenvalue weighted by atomic mass is 16.2. The number of rotatable bonds is 9. The van der Waals surface area contributed by atoms with Crippen molar-refractivity contribution in [1.82, 2.24) is 10.2 Å². The van der Waals surface area contributed by atoms with Gasteiger partial charge < -0.3 is 10.2 Å². The summed E-state index contributed by atoms with van der Waals surface area (Å²) in [5.74, 6) is -0.0310. The van der Waals surface area contributed by atoms with Gasteiger partial charge in [-0.15, -0.1) is 0 Å². The Labute approximate surface area is 127 Å². The molecule has 0 aromatic heterocycles. The third-order valence-electron chi connectivity index (χ3n) is 3.60. The molecule has 1 aromatic carbocycles. The summed E-state index contributed by atoms with van der Waals surface area (Å²) in [5, 5.41) is 2.86. The van der Waals surface area contributed by atoms with E-state index in [1.807, 2.05) is 31.2 Å². The van der Waals surface area contributed by atoms with Crippen LogP contribution in [0.3, 0.4) is 0 Å². The maximum Gasteiger partial charge on any atom is 0.220 e. The lowest BCUT2D eigenvalue weighted by atomic mass is 10.1. The van der Waals surface area contributed by atoms with Gasteiger partial charge in [0.15, 0.2) is 5.78 Å². The van der Waals surface area contributed by atoms with Crippen molar-refractivity contribution in [3.63, 3.8) is 0 Å². The molecule has 0 aliphatic carbocycles. The molecule has 1 aromatic rings. The molecule has 4 nitrogen and oxygen atoms in total. The second kappa shape index (κ2) is 9.29. The Morgan fingerprint density at radius 2 is 1.67 bits per heavy atom. The summed E-state index contributed by atoms with van der Waals surface area (Å²) >= 11 is 0. The predicted molar refractivity (Wildman–Crippen MR) is 85.5 cm³/mol. The molecule has 1 rings (SSSR count). The number of likely N-dealkylation sites (N-methyl/N-ethyl adjacent to an activating group) is 1.